The molecule has 0 saturated carbocycles. The fraction of sp³-hybridized carbons (Fsp3) is 0.467. The van der Waals surface area contributed by atoms with Crippen LogP contribution in [0.1, 0.15) is 32.6 Å². The first-order valence-corrected chi connectivity index (χ1v) is 7.02. The van der Waals surface area contributed by atoms with E-state index in [1.54, 1.807) is 0 Å². The van der Waals surface area contributed by atoms with E-state index < -0.39 is 0 Å². The zero-order valence-corrected chi connectivity index (χ0v) is 12.2. The van der Waals surface area contributed by atoms with E-state index in [2.05, 4.69) is 29.3 Å². The molecule has 0 saturated heterocycles. The van der Waals surface area contributed by atoms with Crippen LogP contribution < -0.4 is 10.1 Å². The van der Waals surface area contributed by atoms with Crippen molar-refractivity contribution in [1.29, 1.82) is 0 Å². The second-order valence-corrected chi connectivity index (χ2v) is 4.63. The largest absolute Gasteiger partial charge is 0.494 e. The molecule has 0 bridgehead atoms. The number of hydrogen-bond acceptors (Lipinski definition) is 5. The Kier molecular flexibility index (Phi) is 5.12. The van der Waals surface area contributed by atoms with E-state index >= 15 is 0 Å². The Morgan fingerprint density at radius 1 is 1.35 bits per heavy atom. The summed E-state index contributed by atoms with van der Waals surface area (Å²) in [5.41, 5.74) is 0.904. The van der Waals surface area contributed by atoms with Crippen molar-refractivity contribution in [3.63, 3.8) is 0 Å². The molecule has 20 heavy (non-hydrogen) atoms. The van der Waals surface area contributed by atoms with Crippen LogP contribution in [0.3, 0.4) is 0 Å². The van der Waals surface area contributed by atoms with Crippen molar-refractivity contribution >= 4 is 0 Å². The lowest BCUT2D eigenvalue weighted by Crippen LogP contribution is -2.19. The minimum absolute atomic E-state index is 0.200. The molecule has 108 valence electrons. The standard InChI is InChI=1S/C15H21N3O2/c1-4-16-10-11(3)15-17-14(18-20-15)12-7-6-8-13(9-12)19-5-2/h6-9,11,16H,4-5,10H2,1-3H3. The summed E-state index contributed by atoms with van der Waals surface area (Å²) < 4.78 is 10.8. The summed E-state index contributed by atoms with van der Waals surface area (Å²) in [7, 11) is 0. The Balaban J connectivity index is 2.13. The molecule has 0 aliphatic rings. The van der Waals surface area contributed by atoms with Crippen molar-refractivity contribution in [3.8, 4) is 17.1 Å². The van der Waals surface area contributed by atoms with Crippen molar-refractivity contribution in [2.75, 3.05) is 19.7 Å². The smallest absolute Gasteiger partial charge is 0.231 e. The third-order valence-corrected chi connectivity index (χ3v) is 2.97. The van der Waals surface area contributed by atoms with E-state index in [1.807, 2.05) is 31.2 Å². The molecule has 0 radical (unpaired) electrons. The molecule has 1 unspecified atom stereocenters. The van der Waals surface area contributed by atoms with Gasteiger partial charge < -0.3 is 14.6 Å². The van der Waals surface area contributed by atoms with Gasteiger partial charge in [-0.25, -0.2) is 0 Å². The highest BCUT2D eigenvalue weighted by atomic mass is 16.5. The molecule has 0 spiro atoms. The van der Waals surface area contributed by atoms with Crippen LogP contribution in [0.5, 0.6) is 5.75 Å². The predicted octanol–water partition coefficient (Wildman–Crippen LogP) is 2.85. The minimum Gasteiger partial charge on any atom is -0.494 e. The molecule has 1 heterocycles. The van der Waals surface area contributed by atoms with Crippen LogP contribution in [-0.2, 0) is 0 Å². The van der Waals surface area contributed by atoms with Gasteiger partial charge >= 0.3 is 0 Å². The summed E-state index contributed by atoms with van der Waals surface area (Å²) in [5.74, 6) is 2.27. The summed E-state index contributed by atoms with van der Waals surface area (Å²) >= 11 is 0. The Bertz CT molecular complexity index is 539. The van der Waals surface area contributed by atoms with E-state index in [1.165, 1.54) is 0 Å². The molecule has 0 aliphatic carbocycles. The van der Waals surface area contributed by atoms with E-state index in [0.29, 0.717) is 18.3 Å². The van der Waals surface area contributed by atoms with Crippen molar-refractivity contribution in [2.45, 2.75) is 26.7 Å². The molecular weight excluding hydrogens is 254 g/mol. The summed E-state index contributed by atoms with van der Waals surface area (Å²) in [6.45, 7) is 8.50. The predicted molar refractivity (Wildman–Crippen MR) is 77.9 cm³/mol. The first-order chi connectivity index (χ1) is 9.74. The number of benzene rings is 1. The minimum atomic E-state index is 0.200. The van der Waals surface area contributed by atoms with Gasteiger partial charge in [0.05, 0.1) is 6.61 Å². The van der Waals surface area contributed by atoms with E-state index in [-0.39, 0.29) is 5.92 Å². The molecule has 0 amide bonds. The van der Waals surface area contributed by atoms with Gasteiger partial charge in [0.15, 0.2) is 0 Å². The van der Waals surface area contributed by atoms with Gasteiger partial charge in [-0.05, 0) is 25.6 Å². The van der Waals surface area contributed by atoms with Crippen LogP contribution >= 0.6 is 0 Å². The van der Waals surface area contributed by atoms with Crippen molar-refractivity contribution in [1.82, 2.24) is 15.5 Å². The molecule has 2 aromatic rings. The van der Waals surface area contributed by atoms with Crippen LogP contribution in [-0.4, -0.2) is 29.8 Å². The molecule has 1 N–H and O–H groups in total. The zero-order chi connectivity index (χ0) is 14.4. The normalized spacial score (nSPS) is 12.3. The third-order valence-electron chi connectivity index (χ3n) is 2.97. The van der Waals surface area contributed by atoms with E-state index in [9.17, 15) is 0 Å². The van der Waals surface area contributed by atoms with Crippen LogP contribution in [0.15, 0.2) is 28.8 Å². The van der Waals surface area contributed by atoms with Crippen LogP contribution in [0.2, 0.25) is 0 Å². The van der Waals surface area contributed by atoms with Crippen molar-refractivity contribution in [2.24, 2.45) is 0 Å². The van der Waals surface area contributed by atoms with Crippen molar-refractivity contribution in [3.05, 3.63) is 30.2 Å². The molecule has 2 rings (SSSR count). The lowest BCUT2D eigenvalue weighted by atomic mass is 10.1. The lowest BCUT2D eigenvalue weighted by molar-refractivity contribution is 0.340. The Labute approximate surface area is 119 Å². The summed E-state index contributed by atoms with van der Waals surface area (Å²) in [6.07, 6.45) is 0. The monoisotopic (exact) mass is 275 g/mol. The molecule has 1 aromatic carbocycles. The number of nitrogens with zero attached hydrogens (tertiary/aromatic N) is 2. The van der Waals surface area contributed by atoms with Crippen LogP contribution in [0.4, 0.5) is 0 Å². The SMILES string of the molecule is CCNCC(C)c1nc(-c2cccc(OCC)c2)no1. The van der Waals surface area contributed by atoms with Gasteiger partial charge in [-0.1, -0.05) is 31.1 Å². The maximum absolute atomic E-state index is 5.48. The van der Waals surface area contributed by atoms with Gasteiger partial charge in [0.1, 0.15) is 5.75 Å². The Morgan fingerprint density at radius 2 is 2.20 bits per heavy atom. The molecule has 0 fully saturated rings. The van der Waals surface area contributed by atoms with Crippen molar-refractivity contribution < 1.29 is 9.26 Å². The molecule has 1 aromatic heterocycles. The lowest BCUT2D eigenvalue weighted by Gasteiger charge is -2.05. The Hall–Kier alpha value is -1.88. The first kappa shape index (κ1) is 14.5. The Morgan fingerprint density at radius 3 is 2.95 bits per heavy atom. The maximum Gasteiger partial charge on any atom is 0.231 e. The number of likely N-dealkylation sites (N-methyl/N-ethyl adjacent to an activating group) is 1. The van der Waals surface area contributed by atoms with Gasteiger partial charge in [-0.2, -0.15) is 4.98 Å². The average Bonchev–Trinajstić information content (AvgIpc) is 2.95. The molecule has 1 atom stereocenters. The highest BCUT2D eigenvalue weighted by molar-refractivity contribution is 5.56. The molecular formula is C15H21N3O2. The van der Waals surface area contributed by atoms with Gasteiger partial charge in [-0.15, -0.1) is 0 Å². The first-order valence-electron chi connectivity index (χ1n) is 7.02. The molecule has 5 heteroatoms. The number of ether oxygens (including phenoxy) is 1. The van der Waals surface area contributed by atoms with Gasteiger partial charge in [0.2, 0.25) is 11.7 Å². The number of hydrogen-bond donors (Lipinski definition) is 1. The zero-order valence-electron chi connectivity index (χ0n) is 12.2. The number of rotatable bonds is 7. The fourth-order valence-electron chi connectivity index (χ4n) is 1.89. The van der Waals surface area contributed by atoms with Gasteiger partial charge in [0, 0.05) is 18.0 Å². The maximum atomic E-state index is 5.48. The summed E-state index contributed by atoms with van der Waals surface area (Å²) in [4.78, 5) is 4.46. The summed E-state index contributed by atoms with van der Waals surface area (Å²) in [6, 6.07) is 7.72. The number of nitrogens with one attached hydrogen (secondary N) is 1. The van der Waals surface area contributed by atoms with E-state index in [4.69, 9.17) is 9.26 Å². The van der Waals surface area contributed by atoms with Crippen LogP contribution in [0, 0.1) is 0 Å². The quantitative estimate of drug-likeness (QED) is 0.842. The van der Waals surface area contributed by atoms with E-state index in [0.717, 1.165) is 24.4 Å². The second-order valence-electron chi connectivity index (χ2n) is 4.63. The second kappa shape index (κ2) is 7.05. The topological polar surface area (TPSA) is 60.2 Å². The highest BCUT2D eigenvalue weighted by Gasteiger charge is 2.15. The molecule has 5 nitrogen and oxygen atoms in total. The van der Waals surface area contributed by atoms with Gasteiger partial charge in [0.25, 0.3) is 0 Å². The highest BCUT2D eigenvalue weighted by Crippen LogP contribution is 2.23. The number of aromatic nitrogens is 2. The third kappa shape index (κ3) is 3.57. The van der Waals surface area contributed by atoms with Crippen LogP contribution in [0.25, 0.3) is 11.4 Å². The fourth-order valence-corrected chi connectivity index (χ4v) is 1.89. The summed E-state index contributed by atoms with van der Waals surface area (Å²) in [5, 5.41) is 7.32. The van der Waals surface area contributed by atoms with Gasteiger partial charge in [-0.3, -0.25) is 0 Å². The average molecular weight is 275 g/mol. The molecule has 0 aliphatic heterocycles.